The summed E-state index contributed by atoms with van der Waals surface area (Å²) >= 11 is 0. The fraction of sp³-hybridized carbons (Fsp3) is 0.222. The SMILES string of the molecule is CCOc1cccc(C(C)NC(=O)c2n[nH]c3ccccc23)c1. The van der Waals surface area contributed by atoms with Gasteiger partial charge in [0, 0.05) is 5.39 Å². The molecule has 1 atom stereocenters. The average Bonchev–Trinajstić information content (AvgIpc) is 2.99. The summed E-state index contributed by atoms with van der Waals surface area (Å²) in [6.45, 7) is 4.50. The molecule has 5 nitrogen and oxygen atoms in total. The summed E-state index contributed by atoms with van der Waals surface area (Å²) < 4.78 is 5.50. The van der Waals surface area contributed by atoms with Gasteiger partial charge in [0.15, 0.2) is 5.69 Å². The Morgan fingerprint density at radius 2 is 2.09 bits per heavy atom. The van der Waals surface area contributed by atoms with Crippen molar-refractivity contribution in [1.82, 2.24) is 15.5 Å². The van der Waals surface area contributed by atoms with Crippen LogP contribution in [0.3, 0.4) is 0 Å². The molecule has 1 aromatic heterocycles. The molecular formula is C18H19N3O2. The number of nitrogens with zero attached hydrogens (tertiary/aromatic N) is 1. The number of ether oxygens (including phenoxy) is 1. The molecule has 0 radical (unpaired) electrons. The molecule has 0 aliphatic rings. The number of amides is 1. The van der Waals surface area contributed by atoms with Gasteiger partial charge in [0.05, 0.1) is 18.2 Å². The van der Waals surface area contributed by atoms with Gasteiger partial charge in [-0.15, -0.1) is 0 Å². The highest BCUT2D eigenvalue weighted by Crippen LogP contribution is 2.20. The number of aromatic amines is 1. The van der Waals surface area contributed by atoms with E-state index in [1.807, 2.05) is 62.4 Å². The second kappa shape index (κ2) is 6.52. The summed E-state index contributed by atoms with van der Waals surface area (Å²) in [6, 6.07) is 15.2. The Hall–Kier alpha value is -2.82. The van der Waals surface area contributed by atoms with Crippen LogP contribution in [0, 0.1) is 0 Å². The first kappa shape index (κ1) is 15.1. The van der Waals surface area contributed by atoms with E-state index in [9.17, 15) is 4.79 Å². The molecular weight excluding hydrogens is 290 g/mol. The van der Waals surface area contributed by atoms with Crippen LogP contribution in [-0.4, -0.2) is 22.7 Å². The highest BCUT2D eigenvalue weighted by atomic mass is 16.5. The minimum Gasteiger partial charge on any atom is -0.494 e. The maximum absolute atomic E-state index is 12.5. The van der Waals surface area contributed by atoms with E-state index in [0.717, 1.165) is 22.2 Å². The van der Waals surface area contributed by atoms with Gasteiger partial charge < -0.3 is 10.1 Å². The number of para-hydroxylation sites is 1. The molecule has 2 aromatic carbocycles. The Bertz CT molecular complexity index is 826. The number of carbonyl (C=O) groups is 1. The number of hydrogen-bond donors (Lipinski definition) is 2. The molecule has 118 valence electrons. The maximum atomic E-state index is 12.5. The van der Waals surface area contributed by atoms with Gasteiger partial charge in [-0.3, -0.25) is 9.89 Å². The van der Waals surface area contributed by atoms with E-state index >= 15 is 0 Å². The highest BCUT2D eigenvalue weighted by Gasteiger charge is 2.17. The van der Waals surface area contributed by atoms with E-state index in [1.54, 1.807) is 0 Å². The van der Waals surface area contributed by atoms with Crippen molar-refractivity contribution in [1.29, 1.82) is 0 Å². The Labute approximate surface area is 134 Å². The van der Waals surface area contributed by atoms with Crippen LogP contribution < -0.4 is 10.1 Å². The van der Waals surface area contributed by atoms with Gasteiger partial charge in [-0.2, -0.15) is 5.10 Å². The molecule has 0 aliphatic carbocycles. The van der Waals surface area contributed by atoms with Crippen molar-refractivity contribution in [2.45, 2.75) is 19.9 Å². The number of fused-ring (bicyclic) bond motifs is 1. The number of carbonyl (C=O) groups excluding carboxylic acids is 1. The van der Waals surface area contributed by atoms with Crippen molar-refractivity contribution in [2.24, 2.45) is 0 Å². The molecule has 0 spiro atoms. The summed E-state index contributed by atoms with van der Waals surface area (Å²) in [5, 5.41) is 10.8. The van der Waals surface area contributed by atoms with Crippen LogP contribution in [0.5, 0.6) is 5.75 Å². The number of aromatic nitrogens is 2. The molecule has 3 rings (SSSR count). The normalized spacial score (nSPS) is 12.1. The monoisotopic (exact) mass is 309 g/mol. The van der Waals surface area contributed by atoms with Crippen LogP contribution in [0.4, 0.5) is 0 Å². The summed E-state index contributed by atoms with van der Waals surface area (Å²) in [5.41, 5.74) is 2.25. The van der Waals surface area contributed by atoms with Gasteiger partial charge in [0.25, 0.3) is 5.91 Å². The summed E-state index contributed by atoms with van der Waals surface area (Å²) in [6.07, 6.45) is 0. The molecule has 1 heterocycles. The first-order chi connectivity index (χ1) is 11.2. The summed E-state index contributed by atoms with van der Waals surface area (Å²) in [5.74, 6) is 0.605. The van der Waals surface area contributed by atoms with Crippen LogP contribution in [0.25, 0.3) is 10.9 Å². The zero-order valence-corrected chi connectivity index (χ0v) is 13.2. The minimum absolute atomic E-state index is 0.140. The highest BCUT2D eigenvalue weighted by molar-refractivity contribution is 6.04. The summed E-state index contributed by atoms with van der Waals surface area (Å²) in [7, 11) is 0. The van der Waals surface area contributed by atoms with Gasteiger partial charge >= 0.3 is 0 Å². The quantitative estimate of drug-likeness (QED) is 0.758. The third-order valence-electron chi connectivity index (χ3n) is 3.70. The maximum Gasteiger partial charge on any atom is 0.272 e. The fourth-order valence-electron chi connectivity index (χ4n) is 2.53. The standard InChI is InChI=1S/C18H19N3O2/c1-3-23-14-8-6-7-13(11-14)12(2)19-18(22)17-15-9-4-5-10-16(15)20-21-17/h4-12H,3H2,1-2H3,(H,19,22)(H,20,21). The Kier molecular flexibility index (Phi) is 4.28. The molecule has 5 heteroatoms. The van der Waals surface area contributed by atoms with Gasteiger partial charge in [-0.05, 0) is 37.6 Å². The van der Waals surface area contributed by atoms with Crippen molar-refractivity contribution in [3.8, 4) is 5.75 Å². The topological polar surface area (TPSA) is 67.0 Å². The van der Waals surface area contributed by atoms with E-state index in [1.165, 1.54) is 0 Å². The van der Waals surface area contributed by atoms with E-state index in [4.69, 9.17) is 4.74 Å². The Morgan fingerprint density at radius 3 is 2.91 bits per heavy atom. The van der Waals surface area contributed by atoms with Crippen molar-refractivity contribution in [2.75, 3.05) is 6.61 Å². The lowest BCUT2D eigenvalue weighted by molar-refractivity contribution is 0.0936. The lowest BCUT2D eigenvalue weighted by atomic mass is 10.1. The van der Waals surface area contributed by atoms with Gasteiger partial charge in [0.2, 0.25) is 0 Å². The van der Waals surface area contributed by atoms with E-state index in [0.29, 0.717) is 12.3 Å². The first-order valence-electron chi connectivity index (χ1n) is 7.65. The number of benzene rings is 2. The number of hydrogen-bond acceptors (Lipinski definition) is 3. The predicted molar refractivity (Wildman–Crippen MR) is 89.6 cm³/mol. The van der Waals surface area contributed by atoms with Crippen molar-refractivity contribution in [3.63, 3.8) is 0 Å². The van der Waals surface area contributed by atoms with Crippen LogP contribution in [0.2, 0.25) is 0 Å². The molecule has 0 saturated heterocycles. The first-order valence-corrected chi connectivity index (χ1v) is 7.65. The molecule has 3 aromatic rings. The molecule has 1 unspecified atom stereocenters. The van der Waals surface area contributed by atoms with E-state index < -0.39 is 0 Å². The van der Waals surface area contributed by atoms with Crippen LogP contribution >= 0.6 is 0 Å². The predicted octanol–water partition coefficient (Wildman–Crippen LogP) is 3.45. The van der Waals surface area contributed by atoms with E-state index in [2.05, 4.69) is 15.5 Å². The smallest absolute Gasteiger partial charge is 0.272 e. The zero-order valence-electron chi connectivity index (χ0n) is 13.2. The molecule has 23 heavy (non-hydrogen) atoms. The van der Waals surface area contributed by atoms with Crippen molar-refractivity contribution < 1.29 is 9.53 Å². The van der Waals surface area contributed by atoms with Crippen LogP contribution in [0.1, 0.15) is 35.9 Å². The zero-order chi connectivity index (χ0) is 16.2. The van der Waals surface area contributed by atoms with Gasteiger partial charge in [-0.25, -0.2) is 0 Å². The lowest BCUT2D eigenvalue weighted by Crippen LogP contribution is -2.27. The second-order valence-electron chi connectivity index (χ2n) is 5.32. The number of H-pyrrole nitrogens is 1. The molecule has 0 aliphatic heterocycles. The Balaban J connectivity index is 1.78. The molecule has 1 amide bonds. The Morgan fingerprint density at radius 1 is 1.26 bits per heavy atom. The molecule has 0 bridgehead atoms. The molecule has 2 N–H and O–H groups in total. The number of rotatable bonds is 5. The number of nitrogens with one attached hydrogen (secondary N) is 2. The molecule has 0 saturated carbocycles. The third kappa shape index (κ3) is 3.18. The second-order valence-corrected chi connectivity index (χ2v) is 5.32. The van der Waals surface area contributed by atoms with E-state index in [-0.39, 0.29) is 11.9 Å². The third-order valence-corrected chi connectivity index (χ3v) is 3.70. The fourth-order valence-corrected chi connectivity index (χ4v) is 2.53. The van der Waals surface area contributed by atoms with Gasteiger partial charge in [-0.1, -0.05) is 30.3 Å². The average molecular weight is 309 g/mol. The van der Waals surface area contributed by atoms with Crippen LogP contribution in [0.15, 0.2) is 48.5 Å². The van der Waals surface area contributed by atoms with Crippen molar-refractivity contribution in [3.05, 3.63) is 59.8 Å². The minimum atomic E-state index is -0.197. The largest absolute Gasteiger partial charge is 0.494 e. The van der Waals surface area contributed by atoms with Gasteiger partial charge in [0.1, 0.15) is 5.75 Å². The van der Waals surface area contributed by atoms with Crippen molar-refractivity contribution >= 4 is 16.8 Å². The van der Waals surface area contributed by atoms with Crippen LogP contribution in [-0.2, 0) is 0 Å². The molecule has 0 fully saturated rings. The lowest BCUT2D eigenvalue weighted by Gasteiger charge is -2.15. The summed E-state index contributed by atoms with van der Waals surface area (Å²) in [4.78, 5) is 12.5.